The maximum absolute atomic E-state index is 11.5. The Hall–Kier alpha value is -1.75. The van der Waals surface area contributed by atoms with E-state index in [1.54, 1.807) is 6.20 Å². The molecule has 2 aromatic rings. The van der Waals surface area contributed by atoms with Crippen LogP contribution in [-0.4, -0.2) is 21.0 Å². The van der Waals surface area contributed by atoms with Crippen LogP contribution in [0, 0.1) is 6.92 Å². The lowest BCUT2D eigenvalue weighted by atomic mass is 9.95. The smallest absolute Gasteiger partial charge is 0.312 e. The van der Waals surface area contributed by atoms with E-state index in [0.29, 0.717) is 16.6 Å². The molecule has 1 N–H and O–H groups in total. The van der Waals surface area contributed by atoms with E-state index >= 15 is 0 Å². The Labute approximate surface area is 119 Å². The summed E-state index contributed by atoms with van der Waals surface area (Å²) in [5.74, 6) is -1.57. The van der Waals surface area contributed by atoms with Crippen LogP contribution in [0.15, 0.2) is 41.3 Å². The van der Waals surface area contributed by atoms with Gasteiger partial charge < -0.3 is 5.11 Å². The van der Waals surface area contributed by atoms with E-state index in [9.17, 15) is 9.90 Å². The molecule has 0 spiro atoms. The van der Waals surface area contributed by atoms with Gasteiger partial charge in [-0.2, -0.15) is 0 Å². The molecule has 5 heteroatoms. The Kier molecular flexibility index (Phi) is 4.27. The molecule has 1 heterocycles. The molecule has 2 rings (SSSR count). The summed E-state index contributed by atoms with van der Waals surface area (Å²) < 4.78 is 0.620. The molecule has 0 amide bonds. The summed E-state index contributed by atoms with van der Waals surface area (Å²) in [6.07, 6.45) is 3.34. The Bertz CT molecular complexity index is 602. The number of hydrogen-bond acceptors (Lipinski definition) is 3. The van der Waals surface area contributed by atoms with Gasteiger partial charge in [0.2, 0.25) is 0 Å². The first-order valence-electron chi connectivity index (χ1n) is 5.81. The Morgan fingerprint density at radius 1 is 1.47 bits per heavy atom. The molecular weight excluding hydrogens is 308 g/mol. The molecule has 1 aromatic heterocycles. The number of aromatic nitrogens is 2. The van der Waals surface area contributed by atoms with Gasteiger partial charge >= 0.3 is 5.97 Å². The number of hydrogen-bond donors (Lipinski definition) is 1. The molecule has 1 aromatic carbocycles. The molecule has 19 heavy (non-hydrogen) atoms. The molecule has 0 saturated heterocycles. The molecule has 0 aliphatic carbocycles. The van der Waals surface area contributed by atoms with Crippen LogP contribution in [0.5, 0.6) is 0 Å². The Balaban J connectivity index is 2.32. The van der Waals surface area contributed by atoms with Crippen molar-refractivity contribution < 1.29 is 9.90 Å². The average Bonchev–Trinajstić information content (AvgIpc) is 2.37. The van der Waals surface area contributed by atoms with Crippen LogP contribution < -0.4 is 0 Å². The minimum atomic E-state index is -0.888. The topological polar surface area (TPSA) is 63.1 Å². The lowest BCUT2D eigenvalue weighted by Gasteiger charge is -2.13. The summed E-state index contributed by atoms with van der Waals surface area (Å²) in [6.45, 7) is 1.99. The molecule has 0 aliphatic rings. The first-order valence-corrected chi connectivity index (χ1v) is 6.61. The van der Waals surface area contributed by atoms with Crippen molar-refractivity contribution >= 4 is 21.9 Å². The van der Waals surface area contributed by atoms with Crippen molar-refractivity contribution in [2.75, 3.05) is 0 Å². The van der Waals surface area contributed by atoms with Gasteiger partial charge in [0, 0.05) is 6.20 Å². The molecule has 4 nitrogen and oxygen atoms in total. The summed E-state index contributed by atoms with van der Waals surface area (Å²) in [5.41, 5.74) is 2.60. The van der Waals surface area contributed by atoms with Crippen LogP contribution in [-0.2, 0) is 11.2 Å². The van der Waals surface area contributed by atoms with Crippen LogP contribution in [0.25, 0.3) is 0 Å². The fourth-order valence-electron chi connectivity index (χ4n) is 1.95. The van der Waals surface area contributed by atoms with E-state index in [4.69, 9.17) is 0 Å². The van der Waals surface area contributed by atoms with E-state index in [0.717, 1.165) is 11.1 Å². The van der Waals surface area contributed by atoms with Crippen molar-refractivity contribution in [3.05, 3.63) is 58.1 Å². The number of carbonyl (C=O) groups is 1. The predicted octanol–water partition coefficient (Wildman–Crippen LogP) is 2.96. The monoisotopic (exact) mass is 320 g/mol. The van der Waals surface area contributed by atoms with Crippen LogP contribution in [0.3, 0.4) is 0 Å². The molecule has 0 saturated carbocycles. The van der Waals surface area contributed by atoms with Crippen molar-refractivity contribution in [1.29, 1.82) is 0 Å². The van der Waals surface area contributed by atoms with E-state index in [-0.39, 0.29) is 0 Å². The Morgan fingerprint density at radius 3 is 2.89 bits per heavy atom. The maximum Gasteiger partial charge on any atom is 0.312 e. The first-order chi connectivity index (χ1) is 9.08. The number of carboxylic acids is 1. The molecule has 1 atom stereocenters. The summed E-state index contributed by atoms with van der Waals surface area (Å²) in [7, 11) is 0. The van der Waals surface area contributed by atoms with Gasteiger partial charge in [-0.15, -0.1) is 0 Å². The van der Waals surface area contributed by atoms with Gasteiger partial charge in [-0.05, 0) is 34.8 Å². The standard InChI is InChI=1S/C14H13BrN2O2/c1-9-3-2-4-10(5-9)6-11(14(18)19)13-12(15)7-16-8-17-13/h2-5,7-8,11H,6H2,1H3,(H,18,19). The number of rotatable bonds is 4. The number of carboxylic acid groups (broad SMARTS) is 1. The van der Waals surface area contributed by atoms with Crippen molar-refractivity contribution in [2.24, 2.45) is 0 Å². The highest BCUT2D eigenvalue weighted by Crippen LogP contribution is 2.25. The molecule has 0 radical (unpaired) electrons. The number of benzene rings is 1. The second-order valence-corrected chi connectivity index (χ2v) is 5.19. The van der Waals surface area contributed by atoms with Gasteiger partial charge in [0.05, 0.1) is 10.2 Å². The Morgan fingerprint density at radius 2 is 2.26 bits per heavy atom. The number of nitrogens with zero attached hydrogens (tertiary/aromatic N) is 2. The van der Waals surface area contributed by atoms with Gasteiger partial charge in [-0.3, -0.25) is 4.79 Å². The van der Waals surface area contributed by atoms with E-state index in [1.807, 2.05) is 31.2 Å². The van der Waals surface area contributed by atoms with Gasteiger partial charge in [-0.25, -0.2) is 9.97 Å². The number of halogens is 1. The zero-order chi connectivity index (χ0) is 13.8. The molecule has 0 bridgehead atoms. The van der Waals surface area contributed by atoms with Crippen molar-refractivity contribution in [2.45, 2.75) is 19.3 Å². The fraction of sp³-hybridized carbons (Fsp3) is 0.214. The minimum Gasteiger partial charge on any atom is -0.481 e. The summed E-state index contributed by atoms with van der Waals surface area (Å²) in [5, 5.41) is 9.40. The van der Waals surface area contributed by atoms with Gasteiger partial charge in [-0.1, -0.05) is 29.8 Å². The van der Waals surface area contributed by atoms with Gasteiger partial charge in [0.25, 0.3) is 0 Å². The molecule has 0 aliphatic heterocycles. The highest BCUT2D eigenvalue weighted by molar-refractivity contribution is 9.10. The third-order valence-electron chi connectivity index (χ3n) is 2.85. The minimum absolute atomic E-state index is 0.409. The van der Waals surface area contributed by atoms with Crippen LogP contribution in [0.2, 0.25) is 0 Å². The maximum atomic E-state index is 11.5. The lowest BCUT2D eigenvalue weighted by Crippen LogP contribution is -2.16. The summed E-state index contributed by atoms with van der Waals surface area (Å²) >= 11 is 3.30. The third kappa shape index (κ3) is 3.38. The molecule has 0 fully saturated rings. The van der Waals surface area contributed by atoms with Gasteiger partial charge in [0.15, 0.2) is 0 Å². The predicted molar refractivity (Wildman–Crippen MR) is 75.0 cm³/mol. The van der Waals surface area contributed by atoms with Gasteiger partial charge in [0.1, 0.15) is 12.2 Å². The first kappa shape index (κ1) is 13.7. The van der Waals surface area contributed by atoms with E-state index in [1.165, 1.54) is 6.33 Å². The highest BCUT2D eigenvalue weighted by Gasteiger charge is 2.24. The fourth-order valence-corrected chi connectivity index (χ4v) is 2.45. The van der Waals surface area contributed by atoms with Crippen molar-refractivity contribution in [3.8, 4) is 0 Å². The summed E-state index contributed by atoms with van der Waals surface area (Å²) in [4.78, 5) is 19.4. The van der Waals surface area contributed by atoms with Crippen molar-refractivity contribution in [1.82, 2.24) is 9.97 Å². The van der Waals surface area contributed by atoms with Crippen molar-refractivity contribution in [3.63, 3.8) is 0 Å². The number of aliphatic carboxylic acids is 1. The zero-order valence-corrected chi connectivity index (χ0v) is 12.0. The van der Waals surface area contributed by atoms with Crippen LogP contribution in [0.4, 0.5) is 0 Å². The zero-order valence-electron chi connectivity index (χ0n) is 10.4. The average molecular weight is 321 g/mol. The number of aryl methyl sites for hydroxylation is 1. The van der Waals surface area contributed by atoms with E-state index in [2.05, 4.69) is 25.9 Å². The normalized spacial score (nSPS) is 12.1. The van der Waals surface area contributed by atoms with Crippen LogP contribution >= 0.6 is 15.9 Å². The lowest BCUT2D eigenvalue weighted by molar-refractivity contribution is -0.138. The summed E-state index contributed by atoms with van der Waals surface area (Å²) in [6, 6.07) is 7.83. The van der Waals surface area contributed by atoms with Crippen LogP contribution in [0.1, 0.15) is 22.7 Å². The third-order valence-corrected chi connectivity index (χ3v) is 3.46. The SMILES string of the molecule is Cc1cccc(CC(C(=O)O)c2ncncc2Br)c1. The van der Waals surface area contributed by atoms with E-state index < -0.39 is 11.9 Å². The molecule has 98 valence electrons. The molecular formula is C14H13BrN2O2. The highest BCUT2D eigenvalue weighted by atomic mass is 79.9. The second kappa shape index (κ2) is 5.93. The second-order valence-electron chi connectivity index (χ2n) is 4.34. The quantitative estimate of drug-likeness (QED) is 0.940. The largest absolute Gasteiger partial charge is 0.481 e. The molecule has 1 unspecified atom stereocenters.